The van der Waals surface area contributed by atoms with Crippen LogP contribution in [0.25, 0.3) is 5.52 Å². The van der Waals surface area contributed by atoms with Gasteiger partial charge in [0.15, 0.2) is 0 Å². The highest BCUT2D eigenvalue weighted by Crippen LogP contribution is 2.10. The maximum Gasteiger partial charge on any atom is 0.264 e. The van der Waals surface area contributed by atoms with E-state index in [1.807, 2.05) is 4.40 Å². The first-order chi connectivity index (χ1) is 8.25. The summed E-state index contributed by atoms with van der Waals surface area (Å²) in [5.74, 6) is -0.0212. The Morgan fingerprint density at radius 1 is 1.35 bits per heavy atom. The van der Waals surface area contributed by atoms with Gasteiger partial charge in [-0.1, -0.05) is 0 Å². The van der Waals surface area contributed by atoms with Crippen LogP contribution < -0.4 is 5.73 Å². The van der Waals surface area contributed by atoms with Crippen molar-refractivity contribution in [3.05, 3.63) is 48.8 Å². The molecule has 6 heteroatoms. The fourth-order valence-electron chi connectivity index (χ4n) is 1.68. The predicted molar refractivity (Wildman–Crippen MR) is 61.6 cm³/mol. The summed E-state index contributed by atoms with van der Waals surface area (Å²) >= 11 is 0. The van der Waals surface area contributed by atoms with Crippen LogP contribution in [0.15, 0.2) is 43.2 Å². The molecule has 0 amide bonds. The number of aromatic nitrogens is 4. The Labute approximate surface area is 96.3 Å². The third-order valence-corrected chi connectivity index (χ3v) is 2.55. The Balaban J connectivity index is 2.09. The molecule has 3 aromatic heterocycles. The average molecular weight is 227 g/mol. The van der Waals surface area contributed by atoms with Gasteiger partial charge >= 0.3 is 0 Å². The van der Waals surface area contributed by atoms with Gasteiger partial charge in [0, 0.05) is 24.2 Å². The summed E-state index contributed by atoms with van der Waals surface area (Å²) < 4.78 is 3.14. The van der Waals surface area contributed by atoms with Gasteiger partial charge in [0.1, 0.15) is 0 Å². The van der Waals surface area contributed by atoms with E-state index in [9.17, 15) is 4.79 Å². The Morgan fingerprint density at radius 3 is 3.00 bits per heavy atom. The van der Waals surface area contributed by atoms with Crippen molar-refractivity contribution >= 4 is 17.4 Å². The zero-order valence-corrected chi connectivity index (χ0v) is 8.82. The average Bonchev–Trinajstić information content (AvgIpc) is 2.95. The molecule has 0 radical (unpaired) electrons. The van der Waals surface area contributed by atoms with E-state index in [1.165, 1.54) is 17.0 Å². The molecule has 0 saturated heterocycles. The van der Waals surface area contributed by atoms with E-state index in [4.69, 9.17) is 5.73 Å². The normalized spacial score (nSPS) is 10.8. The molecule has 0 aliphatic carbocycles. The molecule has 6 nitrogen and oxygen atoms in total. The third-order valence-electron chi connectivity index (χ3n) is 2.55. The number of nitrogens with zero attached hydrogens (tertiary/aromatic N) is 4. The minimum Gasteiger partial charge on any atom is -0.369 e. The van der Waals surface area contributed by atoms with Crippen LogP contribution >= 0.6 is 0 Å². The molecule has 0 saturated carbocycles. The Morgan fingerprint density at radius 2 is 2.24 bits per heavy atom. The molecule has 3 rings (SSSR count). The Hall–Kier alpha value is -2.63. The number of rotatable bonds is 1. The van der Waals surface area contributed by atoms with Gasteiger partial charge in [-0.3, -0.25) is 9.36 Å². The highest BCUT2D eigenvalue weighted by molar-refractivity contribution is 5.98. The van der Waals surface area contributed by atoms with Crippen LogP contribution in [0.2, 0.25) is 0 Å². The number of carbonyl (C=O) groups excluding carboxylic acids is 1. The van der Waals surface area contributed by atoms with Crippen molar-refractivity contribution in [2.45, 2.75) is 0 Å². The second kappa shape index (κ2) is 3.44. The first kappa shape index (κ1) is 9.59. The van der Waals surface area contributed by atoms with Crippen LogP contribution in [0.5, 0.6) is 0 Å². The number of anilines is 1. The van der Waals surface area contributed by atoms with Crippen molar-refractivity contribution in [2.75, 3.05) is 5.73 Å². The first-order valence-corrected chi connectivity index (χ1v) is 5.01. The molecule has 0 aliphatic heterocycles. The van der Waals surface area contributed by atoms with Gasteiger partial charge in [0.2, 0.25) is 5.95 Å². The molecule has 17 heavy (non-hydrogen) atoms. The van der Waals surface area contributed by atoms with Crippen LogP contribution in [0.4, 0.5) is 5.95 Å². The molecular formula is C11H9N5O. The van der Waals surface area contributed by atoms with E-state index >= 15 is 0 Å². The summed E-state index contributed by atoms with van der Waals surface area (Å²) in [6, 6.07) is 3.48. The molecule has 3 heterocycles. The van der Waals surface area contributed by atoms with E-state index in [0.717, 1.165) is 5.52 Å². The number of pyridine rings is 1. The van der Waals surface area contributed by atoms with E-state index in [1.54, 1.807) is 30.9 Å². The van der Waals surface area contributed by atoms with Gasteiger partial charge < -0.3 is 10.1 Å². The third kappa shape index (κ3) is 1.46. The molecule has 2 N–H and O–H groups in total. The number of carbonyl (C=O) groups is 1. The SMILES string of the molecule is Nc1nccn1C(=O)c1ccn2cncc2c1. The lowest BCUT2D eigenvalue weighted by molar-refractivity contribution is 0.0962. The second-order valence-corrected chi connectivity index (χ2v) is 3.60. The number of nitrogen functional groups attached to an aromatic ring is 1. The summed E-state index contributed by atoms with van der Waals surface area (Å²) in [5, 5.41) is 0. The number of hydrogen-bond acceptors (Lipinski definition) is 4. The standard InChI is InChI=1S/C11H9N5O/c12-11-14-2-4-16(11)10(17)8-1-3-15-7-13-6-9(15)5-8/h1-7H,(H2,12,14). The first-order valence-electron chi connectivity index (χ1n) is 5.01. The minimum atomic E-state index is -0.205. The van der Waals surface area contributed by atoms with Crippen LogP contribution in [-0.4, -0.2) is 24.8 Å². The maximum atomic E-state index is 12.1. The van der Waals surface area contributed by atoms with Crippen molar-refractivity contribution in [2.24, 2.45) is 0 Å². The molecule has 84 valence electrons. The van der Waals surface area contributed by atoms with E-state index < -0.39 is 0 Å². The van der Waals surface area contributed by atoms with Gasteiger partial charge in [-0.05, 0) is 12.1 Å². The minimum absolute atomic E-state index is 0.184. The number of hydrogen-bond donors (Lipinski definition) is 1. The van der Waals surface area contributed by atoms with Gasteiger partial charge in [0.25, 0.3) is 5.91 Å². The highest BCUT2D eigenvalue weighted by Gasteiger charge is 2.11. The Bertz CT molecular complexity index is 697. The second-order valence-electron chi connectivity index (χ2n) is 3.60. The predicted octanol–water partition coefficient (Wildman–Crippen LogP) is 0.802. The van der Waals surface area contributed by atoms with Crippen molar-refractivity contribution in [3.63, 3.8) is 0 Å². The molecule has 0 atom stereocenters. The van der Waals surface area contributed by atoms with Gasteiger partial charge in [0.05, 0.1) is 18.0 Å². The summed E-state index contributed by atoms with van der Waals surface area (Å²) in [5.41, 5.74) is 6.99. The van der Waals surface area contributed by atoms with Crippen LogP contribution in [0.3, 0.4) is 0 Å². The lowest BCUT2D eigenvalue weighted by atomic mass is 10.2. The molecule has 0 spiro atoms. The fourth-order valence-corrected chi connectivity index (χ4v) is 1.68. The van der Waals surface area contributed by atoms with Crippen LogP contribution in [-0.2, 0) is 0 Å². The molecular weight excluding hydrogens is 218 g/mol. The monoisotopic (exact) mass is 227 g/mol. The largest absolute Gasteiger partial charge is 0.369 e. The summed E-state index contributed by atoms with van der Waals surface area (Å²) in [4.78, 5) is 19.9. The van der Waals surface area contributed by atoms with Crippen LogP contribution in [0, 0.1) is 0 Å². The lowest BCUT2D eigenvalue weighted by Gasteiger charge is -2.03. The quantitative estimate of drug-likeness (QED) is 0.667. The van der Waals surface area contributed by atoms with Crippen molar-refractivity contribution in [1.29, 1.82) is 0 Å². The molecule has 0 unspecified atom stereocenters. The zero-order valence-electron chi connectivity index (χ0n) is 8.82. The summed E-state index contributed by atoms with van der Waals surface area (Å²) in [6.45, 7) is 0. The zero-order chi connectivity index (χ0) is 11.8. The fraction of sp³-hybridized carbons (Fsp3) is 0. The van der Waals surface area contributed by atoms with Gasteiger partial charge in [-0.15, -0.1) is 0 Å². The van der Waals surface area contributed by atoms with E-state index in [-0.39, 0.29) is 11.9 Å². The maximum absolute atomic E-state index is 12.1. The lowest BCUT2D eigenvalue weighted by Crippen LogP contribution is -2.14. The van der Waals surface area contributed by atoms with E-state index in [0.29, 0.717) is 5.56 Å². The molecule has 0 fully saturated rings. The molecule has 0 aliphatic rings. The number of imidazole rings is 2. The van der Waals surface area contributed by atoms with E-state index in [2.05, 4.69) is 9.97 Å². The smallest absolute Gasteiger partial charge is 0.264 e. The summed E-state index contributed by atoms with van der Waals surface area (Å²) in [6.07, 6.45) is 8.18. The van der Waals surface area contributed by atoms with Crippen molar-refractivity contribution in [3.8, 4) is 0 Å². The number of fused-ring (bicyclic) bond motifs is 1. The van der Waals surface area contributed by atoms with Gasteiger partial charge in [-0.25, -0.2) is 9.97 Å². The van der Waals surface area contributed by atoms with Crippen molar-refractivity contribution in [1.82, 2.24) is 18.9 Å². The molecule has 0 bridgehead atoms. The Kier molecular flexibility index (Phi) is 1.94. The van der Waals surface area contributed by atoms with Gasteiger partial charge in [-0.2, -0.15) is 0 Å². The van der Waals surface area contributed by atoms with Crippen LogP contribution in [0.1, 0.15) is 10.4 Å². The molecule has 0 aromatic carbocycles. The highest BCUT2D eigenvalue weighted by atomic mass is 16.2. The summed E-state index contributed by atoms with van der Waals surface area (Å²) in [7, 11) is 0. The van der Waals surface area contributed by atoms with Crippen molar-refractivity contribution < 1.29 is 4.79 Å². The topological polar surface area (TPSA) is 78.2 Å². The number of nitrogens with two attached hydrogens (primary N) is 1. The molecule has 3 aromatic rings.